The first-order valence-corrected chi connectivity index (χ1v) is 7.24. The van der Waals surface area contributed by atoms with Gasteiger partial charge >= 0.3 is 5.97 Å². The van der Waals surface area contributed by atoms with Crippen LogP contribution in [-0.2, 0) is 14.3 Å². The summed E-state index contributed by atoms with van der Waals surface area (Å²) in [6, 6.07) is 5.42. The molecule has 120 valence electrons. The molecule has 0 saturated carbocycles. The van der Waals surface area contributed by atoms with E-state index >= 15 is 0 Å². The fraction of sp³-hybridized carbons (Fsp3) is 0.400. The third-order valence-electron chi connectivity index (χ3n) is 3.22. The maximum Gasteiger partial charge on any atom is 0.329 e. The molecule has 0 aromatic heterocycles. The molecule has 0 radical (unpaired) electrons. The van der Waals surface area contributed by atoms with Gasteiger partial charge in [-0.2, -0.15) is 0 Å². The Morgan fingerprint density at radius 2 is 1.86 bits per heavy atom. The Labute approximate surface area is 134 Å². The van der Waals surface area contributed by atoms with Gasteiger partial charge in [0.2, 0.25) is 0 Å². The zero-order valence-corrected chi connectivity index (χ0v) is 13.2. The van der Waals surface area contributed by atoms with Gasteiger partial charge in [-0.25, -0.2) is 4.79 Å². The van der Waals surface area contributed by atoms with Crippen molar-refractivity contribution in [2.45, 2.75) is 26.3 Å². The van der Waals surface area contributed by atoms with Crippen molar-refractivity contribution >= 4 is 29.4 Å². The molecule has 2 unspecified atom stereocenters. The Hall–Kier alpha value is -2.08. The van der Waals surface area contributed by atoms with E-state index in [1.54, 1.807) is 31.2 Å². The van der Waals surface area contributed by atoms with E-state index in [1.165, 1.54) is 0 Å². The predicted molar refractivity (Wildman–Crippen MR) is 82.3 cm³/mol. The van der Waals surface area contributed by atoms with Crippen molar-refractivity contribution in [3.05, 3.63) is 34.9 Å². The second kappa shape index (κ2) is 8.38. The Morgan fingerprint density at radius 3 is 2.36 bits per heavy atom. The summed E-state index contributed by atoms with van der Waals surface area (Å²) in [6.07, 6.45) is 0.650. The molecule has 3 N–H and O–H groups in total. The van der Waals surface area contributed by atoms with Crippen LogP contribution >= 0.6 is 11.6 Å². The van der Waals surface area contributed by atoms with Crippen molar-refractivity contribution in [3.63, 3.8) is 0 Å². The molecule has 1 rings (SSSR count). The van der Waals surface area contributed by atoms with E-state index in [9.17, 15) is 14.4 Å². The van der Waals surface area contributed by atoms with Gasteiger partial charge in [0.1, 0.15) is 6.04 Å². The SMILES string of the molecule is CCC(C)C(NC(=O)c1ccc(Cl)cc1)C(=O)OCC(N)=O. The van der Waals surface area contributed by atoms with Gasteiger partial charge in [0, 0.05) is 10.6 Å². The molecule has 22 heavy (non-hydrogen) atoms. The summed E-state index contributed by atoms with van der Waals surface area (Å²) in [5, 5.41) is 3.13. The molecule has 2 amide bonds. The van der Waals surface area contributed by atoms with Crippen molar-refractivity contribution in [1.29, 1.82) is 0 Å². The fourth-order valence-corrected chi connectivity index (χ4v) is 1.85. The number of carbonyl (C=O) groups excluding carboxylic acids is 3. The van der Waals surface area contributed by atoms with Gasteiger partial charge in [-0.05, 0) is 30.2 Å². The van der Waals surface area contributed by atoms with Crippen LogP contribution in [0.15, 0.2) is 24.3 Å². The van der Waals surface area contributed by atoms with Gasteiger partial charge in [-0.3, -0.25) is 9.59 Å². The summed E-state index contributed by atoms with van der Waals surface area (Å²) in [4.78, 5) is 34.9. The topological polar surface area (TPSA) is 98.5 Å². The number of carbonyl (C=O) groups is 3. The van der Waals surface area contributed by atoms with Crippen LogP contribution in [-0.4, -0.2) is 30.4 Å². The minimum Gasteiger partial charge on any atom is -0.454 e. The second-order valence-corrected chi connectivity index (χ2v) is 5.35. The van der Waals surface area contributed by atoms with E-state index in [0.29, 0.717) is 17.0 Å². The monoisotopic (exact) mass is 326 g/mol. The number of amides is 2. The normalized spacial score (nSPS) is 13.0. The number of hydrogen-bond acceptors (Lipinski definition) is 4. The molecule has 2 atom stereocenters. The number of primary amides is 1. The van der Waals surface area contributed by atoms with Gasteiger partial charge in [0.15, 0.2) is 6.61 Å². The van der Waals surface area contributed by atoms with E-state index < -0.39 is 30.4 Å². The lowest BCUT2D eigenvalue weighted by Crippen LogP contribution is -2.46. The van der Waals surface area contributed by atoms with Crippen molar-refractivity contribution in [1.82, 2.24) is 5.32 Å². The molecule has 0 spiro atoms. The maximum atomic E-state index is 12.2. The third-order valence-corrected chi connectivity index (χ3v) is 3.47. The Balaban J connectivity index is 2.79. The molecule has 0 bridgehead atoms. The van der Waals surface area contributed by atoms with Crippen molar-refractivity contribution < 1.29 is 19.1 Å². The van der Waals surface area contributed by atoms with Crippen LogP contribution in [0.25, 0.3) is 0 Å². The van der Waals surface area contributed by atoms with Crippen LogP contribution in [0.3, 0.4) is 0 Å². The summed E-state index contributed by atoms with van der Waals surface area (Å²) in [5.74, 6) is -2.01. The quantitative estimate of drug-likeness (QED) is 0.742. The summed E-state index contributed by atoms with van der Waals surface area (Å²) >= 11 is 5.77. The van der Waals surface area contributed by atoms with Crippen molar-refractivity contribution in [3.8, 4) is 0 Å². The summed E-state index contributed by atoms with van der Waals surface area (Å²) < 4.78 is 4.80. The van der Waals surface area contributed by atoms with Crippen LogP contribution in [0, 0.1) is 5.92 Å². The number of ether oxygens (including phenoxy) is 1. The highest BCUT2D eigenvalue weighted by molar-refractivity contribution is 6.30. The highest BCUT2D eigenvalue weighted by atomic mass is 35.5. The van der Waals surface area contributed by atoms with Crippen LogP contribution in [0.2, 0.25) is 5.02 Å². The van der Waals surface area contributed by atoms with Crippen molar-refractivity contribution in [2.75, 3.05) is 6.61 Å². The number of esters is 1. The molecule has 0 saturated heterocycles. The van der Waals surface area contributed by atoms with E-state index in [-0.39, 0.29) is 5.92 Å². The van der Waals surface area contributed by atoms with E-state index in [0.717, 1.165) is 0 Å². The average molecular weight is 327 g/mol. The number of hydrogen-bond donors (Lipinski definition) is 2. The first kappa shape index (κ1) is 18.0. The fourth-order valence-electron chi connectivity index (χ4n) is 1.73. The third kappa shape index (κ3) is 5.37. The van der Waals surface area contributed by atoms with Crippen LogP contribution < -0.4 is 11.1 Å². The lowest BCUT2D eigenvalue weighted by molar-refractivity contribution is -0.150. The van der Waals surface area contributed by atoms with Crippen LogP contribution in [0.5, 0.6) is 0 Å². The lowest BCUT2D eigenvalue weighted by Gasteiger charge is -2.22. The summed E-state index contributed by atoms with van der Waals surface area (Å²) in [5.41, 5.74) is 5.32. The van der Waals surface area contributed by atoms with Crippen LogP contribution in [0.1, 0.15) is 30.6 Å². The Bertz CT molecular complexity index is 545. The molecule has 6 nitrogen and oxygen atoms in total. The molecule has 7 heteroatoms. The molecule has 0 heterocycles. The lowest BCUT2D eigenvalue weighted by atomic mass is 9.99. The molecular formula is C15H19ClN2O4. The van der Waals surface area contributed by atoms with E-state index in [2.05, 4.69) is 5.32 Å². The molecule has 1 aromatic rings. The zero-order valence-electron chi connectivity index (χ0n) is 12.5. The number of nitrogens with one attached hydrogen (secondary N) is 1. The van der Waals surface area contributed by atoms with Gasteiger partial charge in [0.25, 0.3) is 11.8 Å². The minimum absolute atomic E-state index is 0.156. The molecule has 0 aliphatic rings. The highest BCUT2D eigenvalue weighted by Crippen LogP contribution is 2.13. The van der Waals surface area contributed by atoms with Gasteiger partial charge in [-0.1, -0.05) is 31.9 Å². The first-order chi connectivity index (χ1) is 10.3. The number of benzene rings is 1. The summed E-state index contributed by atoms with van der Waals surface area (Å²) in [7, 11) is 0. The Kier molecular flexibility index (Phi) is 6.85. The Morgan fingerprint density at radius 1 is 1.27 bits per heavy atom. The van der Waals surface area contributed by atoms with E-state index in [4.69, 9.17) is 22.1 Å². The number of nitrogens with two attached hydrogens (primary N) is 1. The van der Waals surface area contributed by atoms with Crippen LogP contribution in [0.4, 0.5) is 0 Å². The van der Waals surface area contributed by atoms with Crippen molar-refractivity contribution in [2.24, 2.45) is 11.7 Å². The van der Waals surface area contributed by atoms with Gasteiger partial charge < -0.3 is 15.8 Å². The number of halogens is 1. The standard InChI is InChI=1S/C15H19ClN2O4/c1-3-9(2)13(15(21)22-8-12(17)19)18-14(20)10-4-6-11(16)7-5-10/h4-7,9,13H,3,8H2,1-2H3,(H2,17,19)(H,18,20). The molecule has 0 aliphatic carbocycles. The van der Waals surface area contributed by atoms with Gasteiger partial charge in [-0.15, -0.1) is 0 Å². The maximum absolute atomic E-state index is 12.2. The smallest absolute Gasteiger partial charge is 0.329 e. The molecule has 0 fully saturated rings. The van der Waals surface area contributed by atoms with E-state index in [1.807, 2.05) is 6.92 Å². The molecular weight excluding hydrogens is 308 g/mol. The first-order valence-electron chi connectivity index (χ1n) is 6.86. The average Bonchev–Trinajstić information content (AvgIpc) is 2.49. The predicted octanol–water partition coefficient (Wildman–Crippen LogP) is 1.51. The summed E-state index contributed by atoms with van der Waals surface area (Å²) in [6.45, 7) is 3.17. The molecule has 1 aromatic carbocycles. The largest absolute Gasteiger partial charge is 0.454 e. The molecule has 0 aliphatic heterocycles. The number of rotatable bonds is 7. The second-order valence-electron chi connectivity index (χ2n) is 4.92. The zero-order chi connectivity index (χ0) is 16.7. The highest BCUT2D eigenvalue weighted by Gasteiger charge is 2.28. The van der Waals surface area contributed by atoms with Gasteiger partial charge in [0.05, 0.1) is 0 Å². The minimum atomic E-state index is -0.854.